The lowest BCUT2D eigenvalue weighted by atomic mass is 9.95. The molecule has 0 aliphatic heterocycles. The lowest BCUT2D eigenvalue weighted by Gasteiger charge is -2.17. The van der Waals surface area contributed by atoms with Gasteiger partial charge in [0.05, 0.1) is 0 Å². The van der Waals surface area contributed by atoms with Crippen molar-refractivity contribution in [1.82, 2.24) is 5.32 Å². The molecule has 1 aliphatic rings. The third-order valence-corrected chi connectivity index (χ3v) is 4.46. The Labute approximate surface area is 135 Å². The smallest absolute Gasteiger partial charge is 0.319 e. The minimum absolute atomic E-state index is 0.116. The van der Waals surface area contributed by atoms with E-state index in [0.717, 1.165) is 18.5 Å². The molecule has 0 aromatic heterocycles. The van der Waals surface area contributed by atoms with Crippen molar-refractivity contribution in [3.8, 4) is 0 Å². The maximum absolute atomic E-state index is 12.0. The molecule has 0 saturated heterocycles. The van der Waals surface area contributed by atoms with Crippen LogP contribution in [0.5, 0.6) is 0 Å². The molecule has 1 saturated carbocycles. The van der Waals surface area contributed by atoms with Crippen LogP contribution in [0.25, 0.3) is 0 Å². The number of benzene rings is 2. The summed E-state index contributed by atoms with van der Waals surface area (Å²) in [5.74, 6) is 0. The Morgan fingerprint density at radius 3 is 2.32 bits per heavy atom. The fraction of sp³-hybridized carbons (Fsp3) is 0.278. The summed E-state index contributed by atoms with van der Waals surface area (Å²) in [6, 6.07) is 15.5. The van der Waals surface area contributed by atoms with Gasteiger partial charge in [-0.1, -0.05) is 41.4 Å². The Hall–Kier alpha value is -2.00. The monoisotopic (exact) mass is 314 g/mol. The van der Waals surface area contributed by atoms with E-state index in [2.05, 4.69) is 41.8 Å². The van der Waals surface area contributed by atoms with Gasteiger partial charge in [-0.2, -0.15) is 0 Å². The third kappa shape index (κ3) is 3.42. The van der Waals surface area contributed by atoms with Crippen LogP contribution in [-0.2, 0) is 5.41 Å². The Morgan fingerprint density at radius 2 is 1.73 bits per heavy atom. The predicted octanol–water partition coefficient (Wildman–Crippen LogP) is 4.50. The average Bonchev–Trinajstić information content (AvgIpc) is 3.30. The van der Waals surface area contributed by atoms with E-state index in [1.54, 1.807) is 24.3 Å². The summed E-state index contributed by atoms with van der Waals surface area (Å²) in [7, 11) is 0. The molecule has 22 heavy (non-hydrogen) atoms. The number of nitrogens with one attached hydrogen (secondary N) is 2. The Balaban J connectivity index is 1.56. The van der Waals surface area contributed by atoms with Crippen LogP contribution in [0.3, 0.4) is 0 Å². The quantitative estimate of drug-likeness (QED) is 0.857. The summed E-state index contributed by atoms with van der Waals surface area (Å²) in [6.07, 6.45) is 2.24. The van der Waals surface area contributed by atoms with Crippen LogP contribution in [0.1, 0.15) is 24.0 Å². The molecule has 1 aliphatic carbocycles. The molecule has 2 N–H and O–H groups in total. The highest BCUT2D eigenvalue weighted by Gasteiger charge is 2.44. The zero-order chi connectivity index (χ0) is 15.6. The van der Waals surface area contributed by atoms with Gasteiger partial charge in [0.1, 0.15) is 0 Å². The molecular weight excluding hydrogens is 296 g/mol. The Morgan fingerprint density at radius 1 is 1.09 bits per heavy atom. The minimum Gasteiger partial charge on any atom is -0.337 e. The normalized spacial score (nSPS) is 15.2. The summed E-state index contributed by atoms with van der Waals surface area (Å²) in [5.41, 5.74) is 3.42. The maximum Gasteiger partial charge on any atom is 0.319 e. The van der Waals surface area contributed by atoms with Crippen LogP contribution in [0.4, 0.5) is 10.5 Å². The number of carbonyl (C=O) groups is 1. The highest BCUT2D eigenvalue weighted by molar-refractivity contribution is 6.30. The number of aryl methyl sites for hydroxylation is 1. The van der Waals surface area contributed by atoms with E-state index in [-0.39, 0.29) is 11.4 Å². The van der Waals surface area contributed by atoms with Crippen molar-refractivity contribution in [2.24, 2.45) is 0 Å². The molecule has 0 atom stereocenters. The van der Waals surface area contributed by atoms with Gasteiger partial charge in [0, 0.05) is 22.7 Å². The van der Waals surface area contributed by atoms with Crippen molar-refractivity contribution in [2.75, 3.05) is 11.9 Å². The number of carbonyl (C=O) groups excluding carboxylic acids is 1. The molecule has 0 heterocycles. The van der Waals surface area contributed by atoms with Crippen molar-refractivity contribution < 1.29 is 4.79 Å². The van der Waals surface area contributed by atoms with Gasteiger partial charge in [-0.15, -0.1) is 0 Å². The lowest BCUT2D eigenvalue weighted by Crippen LogP contribution is -2.35. The first kappa shape index (κ1) is 14.9. The first-order valence-electron chi connectivity index (χ1n) is 7.45. The SMILES string of the molecule is Cc1ccc(C2(CNC(=O)Nc3ccc(Cl)cc3)CC2)cc1. The van der Waals surface area contributed by atoms with Crippen molar-refractivity contribution >= 4 is 23.3 Å². The van der Waals surface area contributed by atoms with Gasteiger partial charge in [0.2, 0.25) is 0 Å². The predicted molar refractivity (Wildman–Crippen MR) is 90.6 cm³/mol. The zero-order valence-electron chi connectivity index (χ0n) is 12.5. The summed E-state index contributed by atoms with van der Waals surface area (Å²) < 4.78 is 0. The van der Waals surface area contributed by atoms with E-state index in [0.29, 0.717) is 11.6 Å². The fourth-order valence-electron chi connectivity index (χ4n) is 2.58. The van der Waals surface area contributed by atoms with Crippen LogP contribution < -0.4 is 10.6 Å². The number of halogens is 1. The molecule has 2 aromatic rings. The Kier molecular flexibility index (Phi) is 4.08. The number of hydrogen-bond donors (Lipinski definition) is 2. The number of anilines is 1. The number of urea groups is 1. The minimum atomic E-state index is -0.180. The van der Waals surface area contributed by atoms with Gasteiger partial charge < -0.3 is 10.6 Å². The average molecular weight is 315 g/mol. The molecule has 4 heteroatoms. The topological polar surface area (TPSA) is 41.1 Å². The van der Waals surface area contributed by atoms with Gasteiger partial charge >= 0.3 is 6.03 Å². The van der Waals surface area contributed by atoms with Crippen LogP contribution in [-0.4, -0.2) is 12.6 Å². The first-order valence-corrected chi connectivity index (χ1v) is 7.83. The summed E-state index contributed by atoms with van der Waals surface area (Å²) in [5, 5.41) is 6.45. The van der Waals surface area contributed by atoms with E-state index in [4.69, 9.17) is 11.6 Å². The third-order valence-electron chi connectivity index (χ3n) is 4.21. The molecule has 0 radical (unpaired) electrons. The van der Waals surface area contributed by atoms with Gasteiger partial charge in [0.15, 0.2) is 0 Å². The largest absolute Gasteiger partial charge is 0.337 e. The molecule has 2 aromatic carbocycles. The van der Waals surface area contributed by atoms with E-state index in [1.165, 1.54) is 11.1 Å². The standard InChI is InChI=1S/C18H19ClN2O/c1-13-2-4-14(5-3-13)18(10-11-18)12-20-17(22)21-16-8-6-15(19)7-9-16/h2-9H,10-12H2,1H3,(H2,20,21,22). The molecule has 3 rings (SSSR count). The van der Waals surface area contributed by atoms with Crippen molar-refractivity contribution in [3.63, 3.8) is 0 Å². The molecule has 2 amide bonds. The molecule has 0 spiro atoms. The number of hydrogen-bond acceptors (Lipinski definition) is 1. The first-order chi connectivity index (χ1) is 10.6. The van der Waals surface area contributed by atoms with Crippen molar-refractivity contribution in [2.45, 2.75) is 25.2 Å². The lowest BCUT2D eigenvalue weighted by molar-refractivity contribution is 0.251. The van der Waals surface area contributed by atoms with E-state index < -0.39 is 0 Å². The Bertz CT molecular complexity index is 660. The summed E-state index contributed by atoms with van der Waals surface area (Å²) >= 11 is 5.83. The number of rotatable bonds is 4. The maximum atomic E-state index is 12.0. The molecular formula is C18H19ClN2O. The van der Waals surface area contributed by atoms with Gasteiger partial charge in [-0.25, -0.2) is 4.79 Å². The summed E-state index contributed by atoms with van der Waals surface area (Å²) in [4.78, 5) is 12.0. The molecule has 0 bridgehead atoms. The second-order valence-corrected chi connectivity index (χ2v) is 6.40. The van der Waals surface area contributed by atoms with Crippen LogP contribution in [0, 0.1) is 6.92 Å². The second kappa shape index (κ2) is 6.01. The van der Waals surface area contributed by atoms with Crippen molar-refractivity contribution in [1.29, 1.82) is 0 Å². The van der Waals surface area contributed by atoms with Crippen molar-refractivity contribution in [3.05, 3.63) is 64.7 Å². The highest BCUT2D eigenvalue weighted by atomic mass is 35.5. The van der Waals surface area contributed by atoms with E-state index in [1.807, 2.05) is 0 Å². The molecule has 0 unspecified atom stereocenters. The van der Waals surface area contributed by atoms with E-state index in [9.17, 15) is 4.79 Å². The fourth-order valence-corrected chi connectivity index (χ4v) is 2.71. The highest BCUT2D eigenvalue weighted by Crippen LogP contribution is 2.47. The zero-order valence-corrected chi connectivity index (χ0v) is 13.3. The molecule has 114 valence electrons. The van der Waals surface area contributed by atoms with Crippen LogP contribution in [0.15, 0.2) is 48.5 Å². The van der Waals surface area contributed by atoms with Crippen LogP contribution >= 0.6 is 11.6 Å². The van der Waals surface area contributed by atoms with Gasteiger partial charge in [-0.05, 0) is 49.6 Å². The summed E-state index contributed by atoms with van der Waals surface area (Å²) in [6.45, 7) is 2.75. The molecule has 3 nitrogen and oxygen atoms in total. The number of amides is 2. The van der Waals surface area contributed by atoms with Gasteiger partial charge in [0.25, 0.3) is 0 Å². The van der Waals surface area contributed by atoms with Gasteiger partial charge in [-0.3, -0.25) is 0 Å². The molecule has 1 fully saturated rings. The van der Waals surface area contributed by atoms with E-state index >= 15 is 0 Å². The van der Waals surface area contributed by atoms with Crippen LogP contribution in [0.2, 0.25) is 5.02 Å². The second-order valence-electron chi connectivity index (χ2n) is 5.96.